The minimum atomic E-state index is -2.94. The quantitative estimate of drug-likeness (QED) is 0.291. The minimum Gasteiger partial charge on any atom is -0.435 e. The van der Waals surface area contributed by atoms with Gasteiger partial charge in [-0.1, -0.05) is 47.6 Å². The molecule has 0 aliphatic rings. The highest BCUT2D eigenvalue weighted by atomic mass is 32.2. The molecule has 0 unspecified atom stereocenters. The van der Waals surface area contributed by atoms with E-state index >= 15 is 0 Å². The van der Waals surface area contributed by atoms with Crippen LogP contribution in [0.1, 0.15) is 33.2 Å². The van der Waals surface area contributed by atoms with E-state index in [2.05, 4.69) is 20.2 Å². The van der Waals surface area contributed by atoms with E-state index in [1.54, 1.807) is 31.2 Å². The van der Waals surface area contributed by atoms with Crippen LogP contribution in [0.4, 0.5) is 14.5 Å². The zero-order chi connectivity index (χ0) is 23.9. The summed E-state index contributed by atoms with van der Waals surface area (Å²) in [5.41, 5.74) is 2.42. The smallest absolute Gasteiger partial charge is 0.387 e. The number of amides is 1. The Labute approximate surface area is 199 Å². The van der Waals surface area contributed by atoms with Crippen molar-refractivity contribution >= 4 is 23.4 Å². The number of hydrogen-bond acceptors (Lipinski definition) is 6. The lowest BCUT2D eigenvalue weighted by Crippen LogP contribution is -2.13. The van der Waals surface area contributed by atoms with Crippen molar-refractivity contribution in [3.63, 3.8) is 0 Å². The second-order valence-corrected chi connectivity index (χ2v) is 8.35. The van der Waals surface area contributed by atoms with Gasteiger partial charge in [-0.15, -0.1) is 11.8 Å². The number of benzene rings is 3. The Hall–Kier alpha value is -3.72. The molecule has 0 saturated carbocycles. The number of ether oxygens (including phenoxy) is 1. The molecule has 0 atom stereocenters. The maximum absolute atomic E-state index is 13.1. The first kappa shape index (κ1) is 23.4. The third-order valence-electron chi connectivity index (χ3n) is 4.82. The lowest BCUT2D eigenvalue weighted by atomic mass is 10.0. The van der Waals surface area contributed by atoms with Crippen molar-refractivity contribution in [3.8, 4) is 5.75 Å². The van der Waals surface area contributed by atoms with Crippen molar-refractivity contribution in [3.05, 3.63) is 101 Å². The first-order chi connectivity index (χ1) is 16.5. The van der Waals surface area contributed by atoms with E-state index in [1.807, 2.05) is 42.5 Å². The van der Waals surface area contributed by atoms with Gasteiger partial charge in [0.1, 0.15) is 5.75 Å². The fourth-order valence-corrected chi connectivity index (χ4v) is 4.23. The molecule has 6 nitrogen and oxygen atoms in total. The van der Waals surface area contributed by atoms with Gasteiger partial charge in [0.15, 0.2) is 5.82 Å². The van der Waals surface area contributed by atoms with Crippen LogP contribution in [0.2, 0.25) is 0 Å². The monoisotopic (exact) mass is 481 g/mol. The number of nitrogens with one attached hydrogen (secondary N) is 1. The molecule has 0 saturated heterocycles. The first-order valence-electron chi connectivity index (χ1n) is 10.4. The van der Waals surface area contributed by atoms with Crippen LogP contribution in [0.3, 0.4) is 0 Å². The van der Waals surface area contributed by atoms with Gasteiger partial charge >= 0.3 is 6.61 Å². The third kappa shape index (κ3) is 6.20. The molecule has 1 aromatic heterocycles. The molecule has 0 aliphatic carbocycles. The number of alkyl halides is 2. The Kier molecular flexibility index (Phi) is 7.54. The summed E-state index contributed by atoms with van der Waals surface area (Å²) in [5.74, 6) is 1.19. The molecule has 0 aliphatic heterocycles. The van der Waals surface area contributed by atoms with E-state index in [-0.39, 0.29) is 11.7 Å². The molecule has 3 aromatic carbocycles. The van der Waals surface area contributed by atoms with Crippen LogP contribution in [0.15, 0.2) is 82.2 Å². The third-order valence-corrected chi connectivity index (χ3v) is 5.88. The molecule has 1 amide bonds. The molecular formula is C25H21F2N3O3S. The van der Waals surface area contributed by atoms with E-state index in [0.717, 1.165) is 10.5 Å². The molecule has 9 heteroatoms. The van der Waals surface area contributed by atoms with Crippen LogP contribution >= 0.6 is 11.8 Å². The second-order valence-electron chi connectivity index (χ2n) is 7.34. The van der Waals surface area contributed by atoms with Gasteiger partial charge in [-0.25, -0.2) is 0 Å². The summed E-state index contributed by atoms with van der Waals surface area (Å²) in [4.78, 5) is 18.0. The van der Waals surface area contributed by atoms with Gasteiger partial charge in [-0.2, -0.15) is 13.8 Å². The highest BCUT2D eigenvalue weighted by Crippen LogP contribution is 2.29. The molecule has 0 spiro atoms. The van der Waals surface area contributed by atoms with Gasteiger partial charge in [0, 0.05) is 22.6 Å². The van der Waals surface area contributed by atoms with E-state index < -0.39 is 6.61 Å². The van der Waals surface area contributed by atoms with Gasteiger partial charge in [0.2, 0.25) is 5.89 Å². The van der Waals surface area contributed by atoms with E-state index in [9.17, 15) is 13.6 Å². The van der Waals surface area contributed by atoms with Gasteiger partial charge < -0.3 is 14.6 Å². The highest BCUT2D eigenvalue weighted by molar-refractivity contribution is 7.98. The van der Waals surface area contributed by atoms with Crippen molar-refractivity contribution in [1.29, 1.82) is 0 Å². The summed E-state index contributed by atoms with van der Waals surface area (Å²) in [6.07, 6.45) is 0.378. The van der Waals surface area contributed by atoms with Crippen LogP contribution in [0.25, 0.3) is 0 Å². The van der Waals surface area contributed by atoms with Crippen LogP contribution in [0.5, 0.6) is 5.75 Å². The van der Waals surface area contributed by atoms with E-state index in [0.29, 0.717) is 40.7 Å². The molecular weight excluding hydrogens is 460 g/mol. The van der Waals surface area contributed by atoms with E-state index in [4.69, 9.17) is 4.52 Å². The highest BCUT2D eigenvalue weighted by Gasteiger charge is 2.16. The Morgan fingerprint density at radius 3 is 2.59 bits per heavy atom. The molecule has 0 radical (unpaired) electrons. The fourth-order valence-electron chi connectivity index (χ4n) is 3.34. The Morgan fingerprint density at radius 2 is 1.85 bits per heavy atom. The number of aryl methyl sites for hydroxylation is 1. The Balaban J connectivity index is 1.53. The Morgan fingerprint density at radius 1 is 1.09 bits per heavy atom. The summed E-state index contributed by atoms with van der Waals surface area (Å²) in [6, 6.07) is 21.2. The maximum atomic E-state index is 13.1. The molecule has 34 heavy (non-hydrogen) atoms. The number of rotatable bonds is 9. The van der Waals surface area contributed by atoms with Gasteiger partial charge in [0.25, 0.3) is 5.91 Å². The van der Waals surface area contributed by atoms with Gasteiger partial charge in [-0.05, 0) is 42.8 Å². The predicted octanol–water partition coefficient (Wildman–Crippen LogP) is 6.11. The van der Waals surface area contributed by atoms with Crippen molar-refractivity contribution in [2.45, 2.75) is 30.6 Å². The Bertz CT molecular complexity index is 1270. The summed E-state index contributed by atoms with van der Waals surface area (Å²) >= 11 is 1.41. The zero-order valence-corrected chi connectivity index (χ0v) is 19.0. The number of carbonyl (C=O) groups is 1. The molecule has 1 heterocycles. The van der Waals surface area contributed by atoms with Crippen LogP contribution < -0.4 is 10.1 Å². The number of carbonyl (C=O) groups excluding carboxylic acids is 1. The number of nitrogens with zero attached hydrogens (tertiary/aromatic N) is 2. The SMILES string of the molecule is Cc1noc(CSc2ccccc2C(=O)Nc2ccc(OC(F)F)c(Cc3ccccc3)c2)n1. The summed E-state index contributed by atoms with van der Waals surface area (Å²) in [5, 5.41) is 6.63. The molecule has 0 fully saturated rings. The standard InChI is InChI=1S/C25H21F2N3O3S/c1-16-28-23(33-30-16)15-34-22-10-6-5-9-20(22)24(31)29-19-11-12-21(32-25(26)27)18(14-19)13-17-7-3-2-4-8-17/h2-12,14,25H,13,15H2,1H3,(H,29,31). The summed E-state index contributed by atoms with van der Waals surface area (Å²) < 4.78 is 35.6. The van der Waals surface area contributed by atoms with E-state index in [1.165, 1.54) is 17.8 Å². The number of halogens is 2. The van der Waals surface area contributed by atoms with Gasteiger partial charge in [0.05, 0.1) is 11.3 Å². The van der Waals surface area contributed by atoms with Crippen LogP contribution in [-0.4, -0.2) is 22.7 Å². The number of anilines is 1. The van der Waals surface area contributed by atoms with Crippen LogP contribution in [-0.2, 0) is 12.2 Å². The number of thioether (sulfide) groups is 1. The molecule has 0 bridgehead atoms. The summed E-state index contributed by atoms with van der Waals surface area (Å²) in [7, 11) is 0. The van der Waals surface area contributed by atoms with Crippen molar-refractivity contribution in [2.24, 2.45) is 0 Å². The lowest BCUT2D eigenvalue weighted by Gasteiger charge is -2.14. The normalized spacial score (nSPS) is 10.9. The maximum Gasteiger partial charge on any atom is 0.387 e. The first-order valence-corrected chi connectivity index (χ1v) is 11.4. The van der Waals surface area contributed by atoms with Crippen LogP contribution in [0, 0.1) is 6.92 Å². The van der Waals surface area contributed by atoms with Crippen molar-refractivity contribution in [2.75, 3.05) is 5.32 Å². The average molecular weight is 482 g/mol. The lowest BCUT2D eigenvalue weighted by molar-refractivity contribution is -0.0503. The number of hydrogen-bond donors (Lipinski definition) is 1. The number of aromatic nitrogens is 2. The zero-order valence-electron chi connectivity index (χ0n) is 18.2. The average Bonchev–Trinajstić information content (AvgIpc) is 3.25. The molecule has 174 valence electrons. The molecule has 4 aromatic rings. The van der Waals surface area contributed by atoms with Gasteiger partial charge in [-0.3, -0.25) is 4.79 Å². The second kappa shape index (κ2) is 10.9. The summed E-state index contributed by atoms with van der Waals surface area (Å²) in [6.45, 7) is -1.20. The largest absolute Gasteiger partial charge is 0.435 e. The topological polar surface area (TPSA) is 77.2 Å². The molecule has 1 N–H and O–H groups in total. The minimum absolute atomic E-state index is 0.0719. The predicted molar refractivity (Wildman–Crippen MR) is 125 cm³/mol. The fraction of sp³-hybridized carbons (Fsp3) is 0.160. The van der Waals surface area contributed by atoms with Crippen molar-refractivity contribution in [1.82, 2.24) is 10.1 Å². The van der Waals surface area contributed by atoms with Crippen molar-refractivity contribution < 1.29 is 22.8 Å². The molecule has 4 rings (SSSR count).